The van der Waals surface area contributed by atoms with Gasteiger partial charge in [0.15, 0.2) is 0 Å². The first-order chi connectivity index (χ1) is 11.6. The van der Waals surface area contributed by atoms with E-state index in [0.717, 1.165) is 31.2 Å². The molecule has 24 heavy (non-hydrogen) atoms. The van der Waals surface area contributed by atoms with Gasteiger partial charge in [0.2, 0.25) is 11.8 Å². The van der Waals surface area contributed by atoms with Crippen molar-refractivity contribution in [1.82, 2.24) is 9.78 Å². The van der Waals surface area contributed by atoms with Gasteiger partial charge in [0.25, 0.3) is 0 Å². The highest BCUT2D eigenvalue weighted by atomic mass is 19.1. The van der Waals surface area contributed by atoms with Crippen LogP contribution in [-0.4, -0.2) is 21.6 Å². The molecule has 1 aromatic heterocycles. The molecule has 2 heterocycles. The Morgan fingerprint density at radius 2 is 1.83 bits per heavy atom. The van der Waals surface area contributed by atoms with E-state index in [2.05, 4.69) is 5.10 Å². The van der Waals surface area contributed by atoms with Crippen molar-refractivity contribution >= 4 is 17.5 Å². The summed E-state index contributed by atoms with van der Waals surface area (Å²) in [5.41, 5.74) is 1.29. The molecule has 2 aromatic rings. The third-order valence-corrected chi connectivity index (χ3v) is 4.95. The number of nitrogens with zero attached hydrogens (tertiary/aromatic N) is 3. The van der Waals surface area contributed by atoms with Crippen LogP contribution in [0, 0.1) is 17.7 Å². The molecule has 124 valence electrons. The molecule has 1 aliphatic carbocycles. The highest BCUT2D eigenvalue weighted by molar-refractivity contribution is 6.21. The zero-order valence-corrected chi connectivity index (χ0v) is 13.2. The van der Waals surface area contributed by atoms with Crippen molar-refractivity contribution in [2.24, 2.45) is 11.8 Å². The first-order valence-electron chi connectivity index (χ1n) is 8.28. The number of fused-ring (bicyclic) bond motifs is 1. The van der Waals surface area contributed by atoms with Gasteiger partial charge in [-0.05, 0) is 30.5 Å². The molecule has 2 aliphatic rings. The van der Waals surface area contributed by atoms with Crippen LogP contribution < -0.4 is 4.90 Å². The van der Waals surface area contributed by atoms with Gasteiger partial charge in [-0.1, -0.05) is 25.0 Å². The molecule has 0 spiro atoms. The second-order valence-electron chi connectivity index (χ2n) is 6.54. The van der Waals surface area contributed by atoms with Crippen LogP contribution in [0.4, 0.5) is 10.1 Å². The Balaban J connectivity index is 1.56. The third kappa shape index (κ3) is 2.52. The van der Waals surface area contributed by atoms with Gasteiger partial charge in [-0.15, -0.1) is 0 Å². The van der Waals surface area contributed by atoms with Gasteiger partial charge in [0.05, 0.1) is 30.3 Å². The van der Waals surface area contributed by atoms with Crippen LogP contribution >= 0.6 is 0 Å². The van der Waals surface area contributed by atoms with Gasteiger partial charge in [-0.3, -0.25) is 14.3 Å². The largest absolute Gasteiger partial charge is 0.274 e. The number of imide groups is 1. The fourth-order valence-corrected chi connectivity index (χ4v) is 3.79. The van der Waals surface area contributed by atoms with E-state index in [4.69, 9.17) is 0 Å². The SMILES string of the molecule is O=C1C2CCCCC2C(=O)N1c1cnn(Cc2cccc(F)c2)c1. The lowest BCUT2D eigenvalue weighted by Crippen LogP contribution is -2.30. The van der Waals surface area contributed by atoms with Crippen molar-refractivity contribution < 1.29 is 14.0 Å². The molecule has 2 amide bonds. The molecular weight excluding hydrogens is 309 g/mol. The van der Waals surface area contributed by atoms with Crippen molar-refractivity contribution in [3.8, 4) is 0 Å². The minimum atomic E-state index is -0.297. The lowest BCUT2D eigenvalue weighted by Gasteiger charge is -2.19. The molecule has 1 saturated heterocycles. The molecule has 4 rings (SSSR count). The first-order valence-corrected chi connectivity index (χ1v) is 8.28. The normalized spacial score (nSPS) is 23.6. The molecule has 1 saturated carbocycles. The maximum Gasteiger partial charge on any atom is 0.237 e. The molecule has 2 atom stereocenters. The topological polar surface area (TPSA) is 55.2 Å². The zero-order valence-electron chi connectivity index (χ0n) is 13.2. The predicted molar refractivity (Wildman–Crippen MR) is 85.7 cm³/mol. The number of benzene rings is 1. The summed E-state index contributed by atoms with van der Waals surface area (Å²) in [6, 6.07) is 6.29. The standard InChI is InChI=1S/C18H18FN3O2/c19-13-5-3-4-12(8-13)10-21-11-14(9-20-21)22-17(23)15-6-1-2-7-16(15)18(22)24/h3-5,8-9,11,15-16H,1-2,6-7,10H2. The monoisotopic (exact) mass is 327 g/mol. The van der Waals surface area contributed by atoms with Crippen LogP contribution in [-0.2, 0) is 16.1 Å². The van der Waals surface area contributed by atoms with Gasteiger partial charge in [-0.2, -0.15) is 5.10 Å². The summed E-state index contributed by atoms with van der Waals surface area (Å²) in [5, 5.41) is 4.22. The number of amides is 2. The molecule has 0 bridgehead atoms. The molecule has 2 unspecified atom stereocenters. The van der Waals surface area contributed by atoms with Crippen LogP contribution in [0.3, 0.4) is 0 Å². The van der Waals surface area contributed by atoms with Crippen molar-refractivity contribution in [3.63, 3.8) is 0 Å². The average molecular weight is 327 g/mol. The minimum Gasteiger partial charge on any atom is -0.274 e. The number of halogens is 1. The Kier molecular flexibility index (Phi) is 3.67. The van der Waals surface area contributed by atoms with Crippen LogP contribution in [0.25, 0.3) is 0 Å². The lowest BCUT2D eigenvalue weighted by atomic mass is 9.81. The summed E-state index contributed by atoms with van der Waals surface area (Å²) in [4.78, 5) is 26.5. The van der Waals surface area contributed by atoms with E-state index in [1.165, 1.54) is 23.2 Å². The van der Waals surface area contributed by atoms with E-state index in [-0.39, 0.29) is 29.5 Å². The van der Waals surface area contributed by atoms with Crippen molar-refractivity contribution in [2.75, 3.05) is 4.90 Å². The van der Waals surface area contributed by atoms with Crippen LogP contribution in [0.1, 0.15) is 31.2 Å². The second-order valence-corrected chi connectivity index (χ2v) is 6.54. The molecule has 6 heteroatoms. The average Bonchev–Trinajstić information content (AvgIpc) is 3.11. The van der Waals surface area contributed by atoms with Crippen LogP contribution in [0.2, 0.25) is 0 Å². The number of carbonyl (C=O) groups excluding carboxylic acids is 2. The van der Waals surface area contributed by atoms with Crippen molar-refractivity contribution in [1.29, 1.82) is 0 Å². The summed E-state index contributed by atoms with van der Waals surface area (Å²) >= 11 is 0. The first kappa shape index (κ1) is 15.1. The molecule has 1 aromatic carbocycles. The number of aromatic nitrogens is 2. The van der Waals surface area contributed by atoms with E-state index in [0.29, 0.717) is 12.2 Å². The Morgan fingerprint density at radius 1 is 1.12 bits per heavy atom. The maximum atomic E-state index is 13.3. The second kappa shape index (κ2) is 5.85. The van der Waals surface area contributed by atoms with Gasteiger partial charge in [0, 0.05) is 6.20 Å². The highest BCUT2D eigenvalue weighted by Gasteiger charge is 2.49. The molecular formula is C18H18FN3O2. The fourth-order valence-electron chi connectivity index (χ4n) is 3.79. The highest BCUT2D eigenvalue weighted by Crippen LogP contribution is 2.39. The quantitative estimate of drug-likeness (QED) is 0.815. The molecule has 5 nitrogen and oxygen atoms in total. The number of hydrogen-bond acceptors (Lipinski definition) is 3. The van der Waals surface area contributed by atoms with E-state index in [1.54, 1.807) is 16.9 Å². The van der Waals surface area contributed by atoms with Gasteiger partial charge in [0.1, 0.15) is 5.82 Å². The summed E-state index contributed by atoms with van der Waals surface area (Å²) in [7, 11) is 0. The molecule has 2 fully saturated rings. The Hall–Kier alpha value is -2.50. The van der Waals surface area contributed by atoms with E-state index in [1.807, 2.05) is 6.07 Å². The third-order valence-electron chi connectivity index (χ3n) is 4.95. The van der Waals surface area contributed by atoms with Crippen LogP contribution in [0.15, 0.2) is 36.7 Å². The van der Waals surface area contributed by atoms with E-state index >= 15 is 0 Å². The Labute approximate surface area is 139 Å². The number of hydrogen-bond donors (Lipinski definition) is 0. The van der Waals surface area contributed by atoms with Crippen molar-refractivity contribution in [3.05, 3.63) is 48.0 Å². The molecule has 0 radical (unpaired) electrons. The lowest BCUT2D eigenvalue weighted by molar-refractivity contribution is -0.122. The summed E-state index contributed by atoms with van der Waals surface area (Å²) in [6.45, 7) is 0.390. The maximum absolute atomic E-state index is 13.3. The summed E-state index contributed by atoms with van der Waals surface area (Å²) in [5.74, 6) is -0.838. The van der Waals surface area contributed by atoms with Gasteiger partial charge >= 0.3 is 0 Å². The van der Waals surface area contributed by atoms with Crippen LogP contribution in [0.5, 0.6) is 0 Å². The van der Waals surface area contributed by atoms with E-state index in [9.17, 15) is 14.0 Å². The Bertz CT molecular complexity index is 777. The minimum absolute atomic E-state index is 0.102. The molecule has 1 aliphatic heterocycles. The fraction of sp³-hybridized carbons (Fsp3) is 0.389. The number of carbonyl (C=O) groups is 2. The Morgan fingerprint density at radius 3 is 2.50 bits per heavy atom. The number of anilines is 1. The van der Waals surface area contributed by atoms with Gasteiger partial charge in [-0.25, -0.2) is 9.29 Å². The predicted octanol–water partition coefficient (Wildman–Crippen LogP) is 2.75. The summed E-state index contributed by atoms with van der Waals surface area (Å²) < 4.78 is 14.9. The van der Waals surface area contributed by atoms with Crippen molar-refractivity contribution in [2.45, 2.75) is 32.2 Å². The zero-order chi connectivity index (χ0) is 16.7. The van der Waals surface area contributed by atoms with Gasteiger partial charge < -0.3 is 0 Å². The smallest absolute Gasteiger partial charge is 0.237 e. The van der Waals surface area contributed by atoms with E-state index < -0.39 is 0 Å². The number of rotatable bonds is 3. The molecule has 0 N–H and O–H groups in total. The summed E-state index contributed by atoms with van der Waals surface area (Å²) in [6.07, 6.45) is 6.82.